The van der Waals surface area contributed by atoms with Crippen molar-refractivity contribution in [3.8, 4) is 0 Å². The van der Waals surface area contributed by atoms with E-state index in [4.69, 9.17) is 0 Å². The molecule has 0 saturated heterocycles. The predicted octanol–water partition coefficient (Wildman–Crippen LogP) is 4.22. The Kier molecular flexibility index (Phi) is 11.0. The van der Waals surface area contributed by atoms with Crippen LogP contribution in [0.15, 0.2) is 48.5 Å². The first-order valence-corrected chi connectivity index (χ1v) is 14.5. The van der Waals surface area contributed by atoms with Crippen LogP contribution in [-0.4, -0.2) is 56.6 Å². The molecule has 8 heteroatoms. The number of carbonyl (C=O) groups is 2. The van der Waals surface area contributed by atoms with Crippen LogP contribution in [0.1, 0.15) is 56.7 Å². The minimum atomic E-state index is -3.51. The Hall–Kier alpha value is -2.87. The molecule has 1 N–H and O–H groups in total. The highest BCUT2D eigenvalue weighted by molar-refractivity contribution is 7.92. The number of hydrogen-bond acceptors (Lipinski definition) is 4. The van der Waals surface area contributed by atoms with Crippen molar-refractivity contribution in [1.29, 1.82) is 0 Å². The van der Waals surface area contributed by atoms with E-state index in [0.717, 1.165) is 23.1 Å². The number of benzene rings is 2. The molecule has 0 aliphatic rings. The maximum absolute atomic E-state index is 13.3. The summed E-state index contributed by atoms with van der Waals surface area (Å²) in [4.78, 5) is 27.8. The Balaban J connectivity index is 2.13. The van der Waals surface area contributed by atoms with Crippen molar-refractivity contribution in [2.24, 2.45) is 0 Å². The third-order valence-electron chi connectivity index (χ3n) is 6.58. The summed E-state index contributed by atoms with van der Waals surface area (Å²) in [7, 11) is -3.51. The van der Waals surface area contributed by atoms with Gasteiger partial charge in [-0.05, 0) is 75.8 Å². The lowest BCUT2D eigenvalue weighted by Crippen LogP contribution is -2.50. The van der Waals surface area contributed by atoms with Crippen molar-refractivity contribution >= 4 is 27.5 Å². The zero-order valence-corrected chi connectivity index (χ0v) is 23.3. The normalized spacial score (nSPS) is 13.1. The summed E-state index contributed by atoms with van der Waals surface area (Å²) in [6, 6.07) is 14.8. The maximum Gasteiger partial charge on any atom is 0.242 e. The molecule has 0 bridgehead atoms. The van der Waals surface area contributed by atoms with Gasteiger partial charge in [-0.2, -0.15) is 0 Å². The van der Waals surface area contributed by atoms with Crippen molar-refractivity contribution in [2.45, 2.75) is 72.4 Å². The summed E-state index contributed by atoms with van der Waals surface area (Å²) in [5, 5.41) is 2.97. The first-order chi connectivity index (χ1) is 16.9. The summed E-state index contributed by atoms with van der Waals surface area (Å²) in [5.41, 5.74) is 3.77. The van der Waals surface area contributed by atoms with Crippen molar-refractivity contribution in [3.63, 3.8) is 0 Å². The van der Waals surface area contributed by atoms with E-state index in [1.807, 2.05) is 70.2 Å². The third kappa shape index (κ3) is 8.66. The first kappa shape index (κ1) is 29.4. The van der Waals surface area contributed by atoms with Crippen LogP contribution in [0.3, 0.4) is 0 Å². The Morgan fingerprint density at radius 3 is 2.22 bits per heavy atom. The lowest BCUT2D eigenvalue weighted by molar-refractivity contribution is -0.140. The summed E-state index contributed by atoms with van der Waals surface area (Å²) in [6.07, 6.45) is 3.10. The summed E-state index contributed by atoms with van der Waals surface area (Å²) in [5.74, 6) is -0.343. The molecule has 0 radical (unpaired) electrons. The molecule has 2 aromatic carbocycles. The molecule has 0 heterocycles. The highest BCUT2D eigenvalue weighted by Gasteiger charge is 2.27. The zero-order valence-electron chi connectivity index (χ0n) is 22.5. The van der Waals surface area contributed by atoms with E-state index in [9.17, 15) is 18.0 Å². The molecule has 2 atom stereocenters. The molecule has 0 aliphatic heterocycles. The van der Waals surface area contributed by atoms with E-state index < -0.39 is 16.1 Å². The quantitative estimate of drug-likeness (QED) is 0.433. The van der Waals surface area contributed by atoms with Gasteiger partial charge < -0.3 is 10.2 Å². The Labute approximate surface area is 216 Å². The molecular weight excluding hydrogens is 474 g/mol. The molecule has 0 aliphatic carbocycles. The first-order valence-electron chi connectivity index (χ1n) is 12.6. The highest BCUT2D eigenvalue weighted by Crippen LogP contribution is 2.22. The van der Waals surface area contributed by atoms with Gasteiger partial charge in [-0.3, -0.25) is 13.9 Å². The second-order valence-electron chi connectivity index (χ2n) is 9.52. The molecule has 0 fully saturated rings. The molecule has 0 unspecified atom stereocenters. The Morgan fingerprint density at radius 2 is 1.64 bits per heavy atom. The maximum atomic E-state index is 13.3. The van der Waals surface area contributed by atoms with E-state index in [0.29, 0.717) is 25.1 Å². The SMILES string of the molecule is CC[C@H](C)NC(=O)[C@H](C)N(CCc1ccccc1)C(=O)CCCN(c1ccc(C)c(C)c1)S(C)(=O)=O. The minimum absolute atomic E-state index is 0.0207. The highest BCUT2D eigenvalue weighted by atomic mass is 32.2. The predicted molar refractivity (Wildman–Crippen MR) is 147 cm³/mol. The fourth-order valence-corrected chi connectivity index (χ4v) is 4.88. The van der Waals surface area contributed by atoms with Crippen LogP contribution >= 0.6 is 0 Å². The summed E-state index contributed by atoms with van der Waals surface area (Å²) >= 11 is 0. The number of amides is 2. The van der Waals surface area contributed by atoms with Crippen LogP contribution in [0.5, 0.6) is 0 Å². The third-order valence-corrected chi connectivity index (χ3v) is 7.78. The van der Waals surface area contributed by atoms with E-state index in [1.165, 1.54) is 10.6 Å². The van der Waals surface area contributed by atoms with Gasteiger partial charge in [0.1, 0.15) is 6.04 Å². The van der Waals surface area contributed by atoms with E-state index in [1.54, 1.807) is 17.9 Å². The molecule has 198 valence electrons. The van der Waals surface area contributed by atoms with Crippen LogP contribution in [0.4, 0.5) is 5.69 Å². The van der Waals surface area contributed by atoms with E-state index in [2.05, 4.69) is 5.32 Å². The fraction of sp³-hybridized carbons (Fsp3) is 0.500. The van der Waals surface area contributed by atoms with Gasteiger partial charge in [0.05, 0.1) is 11.9 Å². The average molecular weight is 516 g/mol. The van der Waals surface area contributed by atoms with Crippen LogP contribution < -0.4 is 9.62 Å². The summed E-state index contributed by atoms with van der Waals surface area (Å²) < 4.78 is 26.4. The fourth-order valence-electron chi connectivity index (χ4n) is 3.92. The Morgan fingerprint density at radius 1 is 0.972 bits per heavy atom. The molecule has 2 aromatic rings. The van der Waals surface area contributed by atoms with E-state index in [-0.39, 0.29) is 30.8 Å². The van der Waals surface area contributed by atoms with Gasteiger partial charge in [-0.25, -0.2) is 8.42 Å². The van der Waals surface area contributed by atoms with Crippen LogP contribution in [-0.2, 0) is 26.0 Å². The average Bonchev–Trinajstić information content (AvgIpc) is 2.83. The molecule has 0 saturated carbocycles. The molecule has 7 nitrogen and oxygen atoms in total. The number of carbonyl (C=O) groups excluding carboxylic acids is 2. The van der Waals surface area contributed by atoms with Crippen molar-refractivity contribution in [3.05, 3.63) is 65.2 Å². The largest absolute Gasteiger partial charge is 0.352 e. The van der Waals surface area contributed by atoms with Gasteiger partial charge in [0.15, 0.2) is 0 Å². The van der Waals surface area contributed by atoms with Gasteiger partial charge in [-0.1, -0.05) is 43.3 Å². The van der Waals surface area contributed by atoms with Gasteiger partial charge in [0.2, 0.25) is 21.8 Å². The lowest BCUT2D eigenvalue weighted by Gasteiger charge is -2.30. The number of hydrogen-bond donors (Lipinski definition) is 1. The number of aryl methyl sites for hydroxylation is 2. The molecule has 2 rings (SSSR count). The zero-order chi connectivity index (χ0) is 26.9. The Bertz CT molecular complexity index is 1120. The smallest absolute Gasteiger partial charge is 0.242 e. The number of rotatable bonds is 13. The van der Waals surface area contributed by atoms with Gasteiger partial charge >= 0.3 is 0 Å². The van der Waals surface area contributed by atoms with Gasteiger partial charge in [-0.15, -0.1) is 0 Å². The monoisotopic (exact) mass is 515 g/mol. The number of sulfonamides is 1. The number of nitrogens with one attached hydrogen (secondary N) is 1. The second-order valence-corrected chi connectivity index (χ2v) is 11.4. The van der Waals surface area contributed by atoms with Crippen molar-refractivity contribution < 1.29 is 18.0 Å². The van der Waals surface area contributed by atoms with E-state index >= 15 is 0 Å². The van der Waals surface area contributed by atoms with Crippen LogP contribution in [0.25, 0.3) is 0 Å². The lowest BCUT2D eigenvalue weighted by atomic mass is 10.1. The molecule has 0 spiro atoms. The van der Waals surface area contributed by atoms with Crippen LogP contribution in [0, 0.1) is 13.8 Å². The van der Waals surface area contributed by atoms with Gasteiger partial charge in [0.25, 0.3) is 0 Å². The van der Waals surface area contributed by atoms with Crippen molar-refractivity contribution in [1.82, 2.24) is 10.2 Å². The standard InChI is InChI=1S/C28H41N3O4S/c1-7-23(4)29-28(33)24(5)30(19-17-25-12-9-8-10-13-25)27(32)14-11-18-31(36(6,34)35)26-16-15-21(2)22(3)20-26/h8-10,12-13,15-16,20,23-24H,7,11,14,17-19H2,1-6H3,(H,29,33)/t23-,24-/m0/s1. The number of anilines is 1. The topological polar surface area (TPSA) is 86.8 Å². The molecule has 2 amide bonds. The van der Waals surface area contributed by atoms with Crippen molar-refractivity contribution in [2.75, 3.05) is 23.7 Å². The number of nitrogens with zero attached hydrogens (tertiary/aromatic N) is 2. The molecule has 0 aromatic heterocycles. The minimum Gasteiger partial charge on any atom is -0.352 e. The van der Waals surface area contributed by atoms with Gasteiger partial charge in [0, 0.05) is 25.6 Å². The molecule has 36 heavy (non-hydrogen) atoms. The molecular formula is C28H41N3O4S. The summed E-state index contributed by atoms with van der Waals surface area (Å²) in [6.45, 7) is 10.2. The van der Waals surface area contributed by atoms with Crippen LogP contribution in [0.2, 0.25) is 0 Å². The second kappa shape index (κ2) is 13.4.